The number of aromatic nitrogens is 15. The minimum atomic E-state index is -4.70. The number of aryl methyl sites for hydroxylation is 5. The Balaban J connectivity index is 0.000000137. The topological polar surface area (TPSA) is 215 Å². The number of carbonyl (C=O) groups is 3. The first-order valence-corrected chi connectivity index (χ1v) is 35.0. The smallest absolute Gasteiger partial charge is 0.356 e. The van der Waals surface area contributed by atoms with E-state index in [9.17, 15) is 53.9 Å². The van der Waals surface area contributed by atoms with E-state index in [-0.39, 0.29) is 23.5 Å². The number of halogens is 9. The van der Waals surface area contributed by atoms with Gasteiger partial charge in [-0.05, 0) is 122 Å². The lowest BCUT2D eigenvalue weighted by atomic mass is 9.98. The van der Waals surface area contributed by atoms with E-state index in [1.165, 1.54) is 31.3 Å². The SMILES string of the molecule is Cc1cn2nc([C@@H]3CCCCN3C(=O)c3cc(C(F)(F)F)n(C)n3)cc2nc1N1CC[C@H](C)C1.Cc1cn2nc([C@@H]3CCCCN3C(=O)c3ccnn3CC(F)(F)F)cc2nc1N1CC[C@H](C)C1.Cc1cn2nc([C@@H]3CCCCN3C(=O)c3cn(C)nc3C(F)(F)F)cc2nc1N1CC[C@H](C)C1. The molecule has 102 heavy (non-hydrogen) atoms. The van der Waals surface area contributed by atoms with Gasteiger partial charge in [-0.1, -0.05) is 20.8 Å². The lowest BCUT2D eigenvalue weighted by Gasteiger charge is -2.34. The van der Waals surface area contributed by atoms with Crippen LogP contribution in [0.1, 0.15) is 192 Å². The zero-order chi connectivity index (χ0) is 72.4. The Morgan fingerprint density at radius 2 is 0.892 bits per heavy atom. The van der Waals surface area contributed by atoms with E-state index >= 15 is 0 Å². The molecule has 0 N–H and O–H groups in total. The van der Waals surface area contributed by atoms with E-state index in [1.54, 1.807) is 23.3 Å². The third-order valence-electron chi connectivity index (χ3n) is 20.3. The molecule has 33 heteroatoms. The summed E-state index contributed by atoms with van der Waals surface area (Å²) in [5, 5.41) is 25.2. The van der Waals surface area contributed by atoms with Gasteiger partial charge in [-0.25, -0.2) is 28.5 Å². The summed E-state index contributed by atoms with van der Waals surface area (Å²) in [6, 6.07) is 6.72. The second-order valence-electron chi connectivity index (χ2n) is 28.5. The van der Waals surface area contributed by atoms with E-state index in [2.05, 4.69) is 55.9 Å². The summed E-state index contributed by atoms with van der Waals surface area (Å²) in [4.78, 5) is 66.0. The number of carbonyl (C=O) groups excluding carboxylic acids is 3. The van der Waals surface area contributed by atoms with E-state index in [1.807, 2.05) is 57.6 Å². The van der Waals surface area contributed by atoms with Crippen molar-refractivity contribution >= 4 is 52.1 Å². The third-order valence-corrected chi connectivity index (χ3v) is 20.3. The lowest BCUT2D eigenvalue weighted by Crippen LogP contribution is -2.40. The van der Waals surface area contributed by atoms with Crippen molar-refractivity contribution in [3.63, 3.8) is 0 Å². The zero-order valence-electron chi connectivity index (χ0n) is 58.3. The molecule has 15 rings (SSSR count). The predicted molar refractivity (Wildman–Crippen MR) is 359 cm³/mol. The molecule has 3 amide bonds. The number of hydrogen-bond acceptors (Lipinski definition) is 15. The van der Waals surface area contributed by atoms with Crippen molar-refractivity contribution in [1.29, 1.82) is 0 Å². The summed E-state index contributed by atoms with van der Waals surface area (Å²) in [5.41, 5.74) is 4.40. The molecule has 0 saturated carbocycles. The fourth-order valence-corrected chi connectivity index (χ4v) is 15.3. The van der Waals surface area contributed by atoms with Crippen molar-refractivity contribution in [2.24, 2.45) is 31.8 Å². The molecule has 6 atom stereocenters. The molecular formula is C69H84F9N21O3. The highest BCUT2D eigenvalue weighted by molar-refractivity contribution is 5.96. The number of nitrogens with zero attached hydrogens (tertiary/aromatic N) is 21. The van der Waals surface area contributed by atoms with Crippen LogP contribution in [0.2, 0.25) is 0 Å². The highest BCUT2D eigenvalue weighted by Crippen LogP contribution is 2.40. The number of hydrogen-bond donors (Lipinski definition) is 0. The fourth-order valence-electron chi connectivity index (χ4n) is 15.3. The predicted octanol–water partition coefficient (Wildman–Crippen LogP) is 12.0. The van der Waals surface area contributed by atoms with Gasteiger partial charge in [0.1, 0.15) is 35.4 Å². The summed E-state index contributed by atoms with van der Waals surface area (Å²) in [6.07, 6.45) is 4.88. The van der Waals surface area contributed by atoms with E-state index in [4.69, 9.17) is 25.1 Å². The second kappa shape index (κ2) is 28.1. The molecule has 9 aromatic rings. The van der Waals surface area contributed by atoms with Crippen molar-refractivity contribution in [2.75, 3.05) is 73.6 Å². The summed E-state index contributed by atoms with van der Waals surface area (Å²) in [6.45, 7) is 18.5. The molecule has 0 bridgehead atoms. The van der Waals surface area contributed by atoms with Gasteiger partial charge in [0.15, 0.2) is 28.3 Å². The maximum atomic E-state index is 13.5. The zero-order valence-corrected chi connectivity index (χ0v) is 58.3. The Hall–Kier alpha value is -9.33. The van der Waals surface area contributed by atoms with Crippen LogP contribution in [0.15, 0.2) is 61.3 Å². The molecule has 0 aliphatic carbocycles. The maximum absolute atomic E-state index is 13.5. The largest absolute Gasteiger partial charge is 0.435 e. The molecule has 0 radical (unpaired) electrons. The van der Waals surface area contributed by atoms with Crippen molar-refractivity contribution in [1.82, 2.24) is 87.8 Å². The van der Waals surface area contributed by atoms with Crippen LogP contribution in [-0.2, 0) is 33.0 Å². The quantitative estimate of drug-likeness (QED) is 0.116. The first-order valence-electron chi connectivity index (χ1n) is 35.0. The van der Waals surface area contributed by atoms with Gasteiger partial charge in [0.05, 0.1) is 40.8 Å². The average Bonchev–Trinajstić information content (AvgIpc) is 1.63. The Kier molecular flexibility index (Phi) is 19.6. The van der Waals surface area contributed by atoms with Gasteiger partial charge < -0.3 is 29.4 Å². The Morgan fingerprint density at radius 1 is 0.480 bits per heavy atom. The monoisotopic (exact) mass is 1430 g/mol. The van der Waals surface area contributed by atoms with Crippen LogP contribution in [0.5, 0.6) is 0 Å². The van der Waals surface area contributed by atoms with Crippen molar-refractivity contribution in [3.05, 3.63) is 123 Å². The molecule has 6 aliphatic heterocycles. The van der Waals surface area contributed by atoms with Crippen LogP contribution >= 0.6 is 0 Å². The fraction of sp³-hybridized carbons (Fsp3) is 0.565. The van der Waals surface area contributed by atoms with Crippen LogP contribution in [-0.4, -0.2) is 171 Å². The normalized spacial score (nSPS) is 21.6. The first kappa shape index (κ1) is 71.1. The summed E-state index contributed by atoms with van der Waals surface area (Å²) in [5.74, 6) is 3.08. The Morgan fingerprint density at radius 3 is 1.26 bits per heavy atom. The molecule has 0 spiro atoms. The molecule has 9 aromatic heterocycles. The third kappa shape index (κ3) is 14.8. The van der Waals surface area contributed by atoms with E-state index in [0.29, 0.717) is 95.4 Å². The van der Waals surface area contributed by atoms with E-state index < -0.39 is 65.8 Å². The minimum Gasteiger partial charge on any atom is -0.356 e. The molecule has 6 fully saturated rings. The molecular weight excluding hydrogens is 1340 g/mol. The lowest BCUT2D eigenvalue weighted by molar-refractivity contribution is -0.144. The number of likely N-dealkylation sites (tertiary alicyclic amines) is 3. The second-order valence-corrected chi connectivity index (χ2v) is 28.5. The van der Waals surface area contributed by atoms with E-state index in [0.717, 1.165) is 153 Å². The Bertz CT molecular complexity index is 4560. The number of anilines is 3. The molecule has 0 aromatic carbocycles. The van der Waals surface area contributed by atoms with Gasteiger partial charge >= 0.3 is 18.5 Å². The van der Waals surface area contributed by atoms with Gasteiger partial charge in [0, 0.05) is 145 Å². The van der Waals surface area contributed by atoms with Gasteiger partial charge in [-0.2, -0.15) is 70.1 Å². The summed E-state index contributed by atoms with van der Waals surface area (Å²) in [7, 11) is 2.58. The van der Waals surface area contributed by atoms with Gasteiger partial charge in [-0.3, -0.25) is 28.4 Å². The van der Waals surface area contributed by atoms with Crippen LogP contribution in [0.4, 0.5) is 57.0 Å². The number of rotatable bonds is 10. The first-order chi connectivity index (χ1) is 48.4. The van der Waals surface area contributed by atoms with Crippen molar-refractivity contribution in [2.45, 2.75) is 162 Å². The van der Waals surface area contributed by atoms with Crippen LogP contribution in [0.3, 0.4) is 0 Å². The van der Waals surface area contributed by atoms with Crippen molar-refractivity contribution in [3.8, 4) is 0 Å². The molecule has 24 nitrogen and oxygen atoms in total. The number of piperidine rings is 3. The number of amides is 3. The van der Waals surface area contributed by atoms with Gasteiger partial charge in [0.25, 0.3) is 17.7 Å². The van der Waals surface area contributed by atoms with Gasteiger partial charge in [0.2, 0.25) is 0 Å². The highest BCUT2D eigenvalue weighted by Gasteiger charge is 2.43. The number of alkyl halides is 9. The summed E-state index contributed by atoms with van der Waals surface area (Å²) < 4.78 is 127. The van der Waals surface area contributed by atoms with Gasteiger partial charge in [-0.15, -0.1) is 0 Å². The molecule has 6 aliphatic rings. The van der Waals surface area contributed by atoms with Crippen LogP contribution < -0.4 is 14.7 Å². The maximum Gasteiger partial charge on any atom is 0.435 e. The minimum absolute atomic E-state index is 0.0626. The number of fused-ring (bicyclic) bond motifs is 3. The Labute approximate surface area is 582 Å². The molecule has 15 heterocycles. The van der Waals surface area contributed by atoms with Crippen LogP contribution in [0.25, 0.3) is 16.9 Å². The van der Waals surface area contributed by atoms with Crippen molar-refractivity contribution < 1.29 is 53.9 Å². The standard InChI is InChI=1S/3C23H28F3N7O/c1-14-7-9-31(12-14)21-15(2)13-33-20(27-21)11-16(29-33)18-6-4-5-8-32(18)22(34)17-10-19(23(24,25)26)30(3)28-17;1-14-7-9-31(11-14)21-15(2)12-33-19(27-21)10-17(28-33)18-6-4-5-8-32(18)22(34)16-13-30(3)29-20(16)23(24,25)26;1-15-7-10-30(12-15)21-16(2)13-32-20(28-21)11-17(29-32)18-5-3-4-9-31(18)22(34)19-6-8-27-33(19)14-23(24,25)26/h10-11,13-14,18H,4-9,12H2,1-3H3;10,12-14,18H,4-9,11H2,1-3H3;6,8,11,13,15,18H,3-5,7,9-10,12,14H2,1-2H3/t2*14-,18-;15-,18-/m000/s1. The molecule has 0 unspecified atom stereocenters. The molecule has 546 valence electrons. The highest BCUT2D eigenvalue weighted by atomic mass is 19.4. The summed E-state index contributed by atoms with van der Waals surface area (Å²) >= 11 is 0. The average molecular weight is 1430 g/mol. The van der Waals surface area contributed by atoms with Crippen LogP contribution in [0, 0.1) is 38.5 Å². The molecule has 6 saturated heterocycles.